The second-order valence-electron chi connectivity index (χ2n) is 6.49. The summed E-state index contributed by atoms with van der Waals surface area (Å²) in [5.41, 5.74) is 4.64. The van der Waals surface area contributed by atoms with Gasteiger partial charge in [0.25, 0.3) is 5.91 Å². The minimum atomic E-state index is -3.53. The second-order valence-corrected chi connectivity index (χ2v) is 8.43. The van der Waals surface area contributed by atoms with Crippen molar-refractivity contribution in [2.24, 2.45) is 5.10 Å². The maximum atomic E-state index is 12.6. The SMILES string of the molecule is C/C(=N\NC(=O)CNc1ccccc1)c1ccc(S(=O)(=O)N2CCOCC2)cc1. The highest BCUT2D eigenvalue weighted by molar-refractivity contribution is 7.89. The third kappa shape index (κ3) is 5.63. The van der Waals surface area contributed by atoms with Crippen molar-refractivity contribution in [2.75, 3.05) is 38.2 Å². The highest BCUT2D eigenvalue weighted by atomic mass is 32.2. The number of carbonyl (C=O) groups excluding carboxylic acids is 1. The van der Waals surface area contributed by atoms with Crippen molar-refractivity contribution in [3.8, 4) is 0 Å². The van der Waals surface area contributed by atoms with E-state index in [1.54, 1.807) is 31.2 Å². The zero-order chi connectivity index (χ0) is 20.7. The molecular weight excluding hydrogens is 392 g/mol. The molecule has 0 aromatic heterocycles. The number of hydrogen-bond donors (Lipinski definition) is 2. The fourth-order valence-corrected chi connectivity index (χ4v) is 4.20. The van der Waals surface area contributed by atoms with E-state index in [0.717, 1.165) is 11.3 Å². The van der Waals surface area contributed by atoms with Gasteiger partial charge in [-0.25, -0.2) is 13.8 Å². The fourth-order valence-electron chi connectivity index (χ4n) is 2.79. The van der Waals surface area contributed by atoms with Gasteiger partial charge in [0.15, 0.2) is 0 Å². The minimum Gasteiger partial charge on any atom is -0.379 e. The number of ether oxygens (including phenoxy) is 1. The van der Waals surface area contributed by atoms with E-state index in [9.17, 15) is 13.2 Å². The van der Waals surface area contributed by atoms with E-state index in [-0.39, 0.29) is 17.3 Å². The highest BCUT2D eigenvalue weighted by Crippen LogP contribution is 2.18. The number of amides is 1. The highest BCUT2D eigenvalue weighted by Gasteiger charge is 2.26. The van der Waals surface area contributed by atoms with Gasteiger partial charge in [-0.2, -0.15) is 9.41 Å². The summed E-state index contributed by atoms with van der Waals surface area (Å²) in [6.45, 7) is 3.36. The lowest BCUT2D eigenvalue weighted by Crippen LogP contribution is -2.40. The number of nitrogens with zero attached hydrogens (tertiary/aromatic N) is 2. The van der Waals surface area contributed by atoms with E-state index in [4.69, 9.17) is 4.74 Å². The molecule has 0 atom stereocenters. The first-order chi connectivity index (χ1) is 14.0. The van der Waals surface area contributed by atoms with E-state index in [0.29, 0.717) is 32.0 Å². The van der Waals surface area contributed by atoms with Crippen LogP contribution < -0.4 is 10.7 Å². The predicted octanol–water partition coefficient (Wildman–Crippen LogP) is 1.66. The van der Waals surface area contributed by atoms with Crippen LogP contribution >= 0.6 is 0 Å². The molecule has 0 aliphatic carbocycles. The van der Waals surface area contributed by atoms with Gasteiger partial charge in [0.05, 0.1) is 30.4 Å². The van der Waals surface area contributed by atoms with Crippen LogP contribution in [0.2, 0.25) is 0 Å². The lowest BCUT2D eigenvalue weighted by Gasteiger charge is -2.26. The maximum absolute atomic E-state index is 12.6. The monoisotopic (exact) mass is 416 g/mol. The number of sulfonamides is 1. The first kappa shape index (κ1) is 21.0. The summed E-state index contributed by atoms with van der Waals surface area (Å²) in [4.78, 5) is 12.2. The summed E-state index contributed by atoms with van der Waals surface area (Å²) in [6.07, 6.45) is 0. The lowest BCUT2D eigenvalue weighted by molar-refractivity contribution is -0.119. The van der Waals surface area contributed by atoms with E-state index in [1.165, 1.54) is 4.31 Å². The third-order valence-electron chi connectivity index (χ3n) is 4.46. The zero-order valence-corrected chi connectivity index (χ0v) is 17.0. The number of anilines is 1. The number of hydrogen-bond acceptors (Lipinski definition) is 6. The zero-order valence-electron chi connectivity index (χ0n) is 16.2. The Morgan fingerprint density at radius 2 is 1.72 bits per heavy atom. The molecule has 0 bridgehead atoms. The molecule has 1 aliphatic heterocycles. The number of hydrazone groups is 1. The summed E-state index contributed by atoms with van der Waals surface area (Å²) >= 11 is 0. The van der Waals surface area contributed by atoms with E-state index in [1.807, 2.05) is 30.3 Å². The molecule has 2 aromatic carbocycles. The number of morpholine rings is 1. The van der Waals surface area contributed by atoms with Crippen molar-refractivity contribution in [2.45, 2.75) is 11.8 Å². The minimum absolute atomic E-state index is 0.0948. The summed E-state index contributed by atoms with van der Waals surface area (Å²) in [7, 11) is -3.53. The van der Waals surface area contributed by atoms with Crippen LogP contribution in [0.3, 0.4) is 0 Å². The second kappa shape index (κ2) is 9.64. The summed E-state index contributed by atoms with van der Waals surface area (Å²) in [6, 6.07) is 15.9. The Morgan fingerprint density at radius 1 is 1.07 bits per heavy atom. The molecule has 154 valence electrons. The Morgan fingerprint density at radius 3 is 2.38 bits per heavy atom. The molecule has 1 amide bonds. The van der Waals surface area contributed by atoms with Crippen LogP contribution in [-0.2, 0) is 19.6 Å². The van der Waals surface area contributed by atoms with Gasteiger partial charge in [-0.15, -0.1) is 0 Å². The Labute approximate surface area is 170 Å². The van der Waals surface area contributed by atoms with Crippen LogP contribution in [0.15, 0.2) is 64.6 Å². The van der Waals surface area contributed by atoms with Crippen LogP contribution in [0, 0.1) is 0 Å². The van der Waals surface area contributed by atoms with Crippen LogP contribution in [0.1, 0.15) is 12.5 Å². The molecule has 29 heavy (non-hydrogen) atoms. The van der Waals surface area contributed by atoms with Gasteiger partial charge in [-0.3, -0.25) is 4.79 Å². The number of para-hydroxylation sites is 1. The van der Waals surface area contributed by atoms with Crippen molar-refractivity contribution >= 4 is 27.3 Å². The molecule has 0 unspecified atom stereocenters. The van der Waals surface area contributed by atoms with Crippen LogP contribution in [0.4, 0.5) is 5.69 Å². The van der Waals surface area contributed by atoms with Crippen LogP contribution in [-0.4, -0.2) is 57.2 Å². The third-order valence-corrected chi connectivity index (χ3v) is 6.37. The topological polar surface area (TPSA) is 100 Å². The van der Waals surface area contributed by atoms with Crippen molar-refractivity contribution in [3.05, 3.63) is 60.2 Å². The molecule has 1 aliphatic rings. The molecule has 8 nitrogen and oxygen atoms in total. The molecule has 1 heterocycles. The molecule has 9 heteroatoms. The Bertz CT molecular complexity index is 954. The average Bonchev–Trinajstić information content (AvgIpc) is 2.77. The first-order valence-electron chi connectivity index (χ1n) is 9.27. The van der Waals surface area contributed by atoms with Crippen LogP contribution in [0.25, 0.3) is 0 Å². The number of benzene rings is 2. The summed E-state index contributed by atoms with van der Waals surface area (Å²) in [5, 5.41) is 7.09. The van der Waals surface area contributed by atoms with Crippen LogP contribution in [0.5, 0.6) is 0 Å². The van der Waals surface area contributed by atoms with Crippen molar-refractivity contribution in [1.29, 1.82) is 0 Å². The van der Waals surface area contributed by atoms with E-state index in [2.05, 4.69) is 15.8 Å². The van der Waals surface area contributed by atoms with Gasteiger partial charge in [-0.1, -0.05) is 30.3 Å². The standard InChI is InChI=1S/C20H24N4O4S/c1-16(22-23-20(25)15-21-18-5-3-2-4-6-18)17-7-9-19(10-8-17)29(26,27)24-11-13-28-14-12-24/h2-10,21H,11-15H2,1H3,(H,23,25)/b22-16+. The van der Waals surface area contributed by atoms with Crippen molar-refractivity contribution in [3.63, 3.8) is 0 Å². The Kier molecular flexibility index (Phi) is 6.97. The number of rotatable bonds is 7. The molecule has 1 saturated heterocycles. The quantitative estimate of drug-likeness (QED) is 0.528. The van der Waals surface area contributed by atoms with E-state index >= 15 is 0 Å². The van der Waals surface area contributed by atoms with Gasteiger partial charge in [0, 0.05) is 18.8 Å². The van der Waals surface area contributed by atoms with Gasteiger partial charge in [-0.05, 0) is 36.8 Å². The van der Waals surface area contributed by atoms with Gasteiger partial charge < -0.3 is 10.1 Å². The predicted molar refractivity (Wildman–Crippen MR) is 111 cm³/mol. The largest absolute Gasteiger partial charge is 0.379 e. The summed E-state index contributed by atoms with van der Waals surface area (Å²) < 4.78 is 31.9. The lowest BCUT2D eigenvalue weighted by atomic mass is 10.1. The smallest absolute Gasteiger partial charge is 0.259 e. The van der Waals surface area contributed by atoms with Gasteiger partial charge in [0.2, 0.25) is 10.0 Å². The molecule has 0 saturated carbocycles. The normalized spacial score (nSPS) is 15.7. The van der Waals surface area contributed by atoms with Gasteiger partial charge >= 0.3 is 0 Å². The summed E-state index contributed by atoms with van der Waals surface area (Å²) in [5.74, 6) is -0.278. The van der Waals surface area contributed by atoms with E-state index < -0.39 is 10.0 Å². The molecule has 1 fully saturated rings. The molecule has 3 rings (SSSR count). The first-order valence-corrected chi connectivity index (χ1v) is 10.7. The number of nitrogens with one attached hydrogen (secondary N) is 2. The Hall–Kier alpha value is -2.75. The molecule has 0 radical (unpaired) electrons. The average molecular weight is 417 g/mol. The molecular formula is C20H24N4O4S. The van der Waals surface area contributed by atoms with Crippen molar-refractivity contribution in [1.82, 2.24) is 9.73 Å². The molecule has 0 spiro atoms. The number of carbonyl (C=O) groups is 1. The van der Waals surface area contributed by atoms with Gasteiger partial charge in [0.1, 0.15) is 0 Å². The van der Waals surface area contributed by atoms with Crippen molar-refractivity contribution < 1.29 is 17.9 Å². The Balaban J connectivity index is 1.57. The fraction of sp³-hybridized carbons (Fsp3) is 0.300. The maximum Gasteiger partial charge on any atom is 0.259 e. The molecule has 2 aromatic rings. The molecule has 2 N–H and O–H groups in total.